The van der Waals surface area contributed by atoms with E-state index in [1.54, 1.807) is 7.11 Å². The number of ether oxygens (including phenoxy) is 1. The van der Waals surface area contributed by atoms with Crippen molar-refractivity contribution in [3.8, 4) is 11.5 Å². The first-order chi connectivity index (χ1) is 7.88. The zero-order chi connectivity index (χ0) is 11.2. The van der Waals surface area contributed by atoms with Crippen LogP contribution in [0.4, 0.5) is 0 Å². The Morgan fingerprint density at radius 3 is 2.06 bits per heavy atom. The van der Waals surface area contributed by atoms with Gasteiger partial charge in [0.2, 0.25) is 0 Å². The summed E-state index contributed by atoms with van der Waals surface area (Å²) in [4.78, 5) is 0. The molecule has 2 aromatic rings. The molecule has 0 saturated heterocycles. The maximum absolute atomic E-state index is 5.67. The molecule has 2 rings (SSSR count). The molecule has 0 aliphatic heterocycles. The first kappa shape index (κ1) is 10.9. The van der Waals surface area contributed by atoms with E-state index in [4.69, 9.17) is 9.16 Å². The standard InChI is InChI=1S/C13H12O2Si/c1-14-16-13-9-7-12(8-10-13)15-11-5-3-2-4-6-11/h2-10H,1H3. The smallest absolute Gasteiger partial charge is 0.268 e. The molecular weight excluding hydrogens is 216 g/mol. The van der Waals surface area contributed by atoms with Crippen LogP contribution in [-0.2, 0) is 4.43 Å². The summed E-state index contributed by atoms with van der Waals surface area (Å²) in [5, 5.41) is 1.17. The lowest BCUT2D eigenvalue weighted by atomic mass is 10.3. The van der Waals surface area contributed by atoms with Crippen molar-refractivity contribution in [3.63, 3.8) is 0 Å². The summed E-state index contributed by atoms with van der Waals surface area (Å²) in [6.45, 7) is 0. The van der Waals surface area contributed by atoms with Gasteiger partial charge in [-0.15, -0.1) is 0 Å². The molecule has 2 nitrogen and oxygen atoms in total. The summed E-state index contributed by atoms with van der Waals surface area (Å²) in [5.41, 5.74) is 0. The van der Waals surface area contributed by atoms with Gasteiger partial charge in [-0.3, -0.25) is 0 Å². The summed E-state index contributed by atoms with van der Waals surface area (Å²) in [5.74, 6) is 1.69. The highest BCUT2D eigenvalue weighted by Crippen LogP contribution is 2.19. The summed E-state index contributed by atoms with van der Waals surface area (Å²) < 4.78 is 10.7. The molecule has 0 atom stereocenters. The molecular formula is C13H12O2Si. The Morgan fingerprint density at radius 2 is 1.44 bits per heavy atom. The number of rotatable bonds is 4. The van der Waals surface area contributed by atoms with Gasteiger partial charge in [0.1, 0.15) is 11.5 Å². The van der Waals surface area contributed by atoms with Crippen molar-refractivity contribution in [2.24, 2.45) is 0 Å². The SMILES string of the molecule is CO[Si]c1ccc(Oc2ccccc2)cc1. The number of hydrogen-bond acceptors (Lipinski definition) is 2. The van der Waals surface area contributed by atoms with Gasteiger partial charge in [-0.1, -0.05) is 30.3 Å². The van der Waals surface area contributed by atoms with Gasteiger partial charge < -0.3 is 9.16 Å². The first-order valence-corrected chi connectivity index (χ1v) is 5.91. The van der Waals surface area contributed by atoms with Crippen molar-refractivity contribution in [2.75, 3.05) is 7.11 Å². The fraction of sp³-hybridized carbons (Fsp3) is 0.0769. The van der Waals surface area contributed by atoms with Gasteiger partial charge in [-0.05, 0) is 29.5 Å². The van der Waals surface area contributed by atoms with Crippen LogP contribution < -0.4 is 9.92 Å². The molecule has 0 fully saturated rings. The third kappa shape index (κ3) is 2.95. The molecule has 0 N–H and O–H groups in total. The van der Waals surface area contributed by atoms with Crippen molar-refractivity contribution in [1.29, 1.82) is 0 Å². The summed E-state index contributed by atoms with van der Waals surface area (Å²) in [7, 11) is 2.10. The van der Waals surface area contributed by atoms with Gasteiger partial charge in [-0.2, -0.15) is 0 Å². The Morgan fingerprint density at radius 1 is 0.812 bits per heavy atom. The Hall–Kier alpha value is -1.58. The quantitative estimate of drug-likeness (QED) is 0.748. The molecule has 16 heavy (non-hydrogen) atoms. The molecule has 2 radical (unpaired) electrons. The lowest BCUT2D eigenvalue weighted by molar-refractivity contribution is 0.450. The molecule has 0 amide bonds. The molecule has 0 saturated carbocycles. The van der Waals surface area contributed by atoms with Crippen molar-refractivity contribution in [2.45, 2.75) is 0 Å². The van der Waals surface area contributed by atoms with E-state index < -0.39 is 0 Å². The number of benzene rings is 2. The highest BCUT2D eigenvalue weighted by Gasteiger charge is 1.98. The van der Waals surface area contributed by atoms with E-state index in [9.17, 15) is 0 Å². The Kier molecular flexibility index (Phi) is 3.74. The molecule has 3 heteroatoms. The zero-order valence-electron chi connectivity index (χ0n) is 9.01. The summed E-state index contributed by atoms with van der Waals surface area (Å²) in [6, 6.07) is 17.7. The van der Waals surface area contributed by atoms with E-state index in [1.165, 1.54) is 5.19 Å². The van der Waals surface area contributed by atoms with E-state index >= 15 is 0 Å². The highest BCUT2D eigenvalue weighted by atomic mass is 28.2. The van der Waals surface area contributed by atoms with E-state index in [0.29, 0.717) is 9.76 Å². The predicted molar refractivity (Wildman–Crippen MR) is 65.4 cm³/mol. The lowest BCUT2D eigenvalue weighted by Crippen LogP contribution is -2.14. The Labute approximate surface area is 97.8 Å². The number of para-hydroxylation sites is 1. The molecule has 2 aromatic carbocycles. The molecule has 0 spiro atoms. The van der Waals surface area contributed by atoms with Crippen LogP contribution >= 0.6 is 0 Å². The summed E-state index contributed by atoms with van der Waals surface area (Å²) >= 11 is 0. The second-order valence-corrected chi connectivity index (χ2v) is 4.44. The van der Waals surface area contributed by atoms with Crippen molar-refractivity contribution in [1.82, 2.24) is 0 Å². The molecule has 80 valence electrons. The second kappa shape index (κ2) is 5.49. The third-order valence-electron chi connectivity index (χ3n) is 2.05. The minimum Gasteiger partial charge on any atom is -0.457 e. The fourth-order valence-electron chi connectivity index (χ4n) is 1.33. The van der Waals surface area contributed by atoms with Crippen LogP contribution in [0.5, 0.6) is 11.5 Å². The zero-order valence-corrected chi connectivity index (χ0v) is 10.0. The first-order valence-electron chi connectivity index (χ1n) is 5.00. The van der Waals surface area contributed by atoms with E-state index in [0.717, 1.165) is 11.5 Å². The second-order valence-electron chi connectivity index (χ2n) is 3.25. The van der Waals surface area contributed by atoms with Crippen LogP contribution in [0, 0.1) is 0 Å². The van der Waals surface area contributed by atoms with Crippen molar-refractivity contribution in [3.05, 3.63) is 54.6 Å². The molecule has 0 heterocycles. The van der Waals surface area contributed by atoms with Crippen LogP contribution in [0.3, 0.4) is 0 Å². The van der Waals surface area contributed by atoms with Crippen LogP contribution in [0.25, 0.3) is 0 Å². The fourth-order valence-corrected chi connectivity index (χ4v) is 1.87. The van der Waals surface area contributed by atoms with Gasteiger partial charge >= 0.3 is 0 Å². The van der Waals surface area contributed by atoms with Crippen LogP contribution in [-0.4, -0.2) is 16.9 Å². The Bertz CT molecular complexity index is 425. The van der Waals surface area contributed by atoms with Crippen molar-refractivity contribution < 1.29 is 9.16 Å². The monoisotopic (exact) mass is 228 g/mol. The van der Waals surface area contributed by atoms with Gasteiger partial charge in [0.05, 0.1) is 0 Å². The molecule has 0 aromatic heterocycles. The van der Waals surface area contributed by atoms with Crippen LogP contribution in [0.2, 0.25) is 0 Å². The van der Waals surface area contributed by atoms with Crippen LogP contribution in [0.1, 0.15) is 0 Å². The molecule has 0 aliphatic carbocycles. The maximum atomic E-state index is 5.67. The Balaban J connectivity index is 2.05. The average Bonchev–Trinajstić information content (AvgIpc) is 2.33. The van der Waals surface area contributed by atoms with E-state index in [1.807, 2.05) is 54.6 Å². The summed E-state index contributed by atoms with van der Waals surface area (Å²) in [6.07, 6.45) is 0. The minimum atomic E-state index is 0.396. The number of hydrogen-bond donors (Lipinski definition) is 0. The van der Waals surface area contributed by atoms with Crippen LogP contribution in [0.15, 0.2) is 54.6 Å². The minimum absolute atomic E-state index is 0.396. The normalized spacial score (nSPS) is 10.1. The third-order valence-corrected chi connectivity index (χ3v) is 2.83. The van der Waals surface area contributed by atoms with Gasteiger partial charge in [-0.25, -0.2) is 0 Å². The average molecular weight is 228 g/mol. The molecule has 0 unspecified atom stereocenters. The topological polar surface area (TPSA) is 18.5 Å². The van der Waals surface area contributed by atoms with Gasteiger partial charge in [0, 0.05) is 7.11 Å². The van der Waals surface area contributed by atoms with Gasteiger partial charge in [0.25, 0.3) is 9.76 Å². The van der Waals surface area contributed by atoms with Gasteiger partial charge in [0.15, 0.2) is 0 Å². The maximum Gasteiger partial charge on any atom is 0.268 e. The predicted octanol–water partition coefficient (Wildman–Crippen LogP) is 2.37. The molecule has 0 aliphatic rings. The lowest BCUT2D eigenvalue weighted by Gasteiger charge is -2.05. The molecule has 0 bridgehead atoms. The highest BCUT2D eigenvalue weighted by molar-refractivity contribution is 6.46. The van der Waals surface area contributed by atoms with E-state index in [-0.39, 0.29) is 0 Å². The largest absolute Gasteiger partial charge is 0.457 e. The van der Waals surface area contributed by atoms with Crippen molar-refractivity contribution >= 4 is 14.9 Å². The van der Waals surface area contributed by atoms with E-state index in [2.05, 4.69) is 0 Å².